The molecule has 0 unspecified atom stereocenters. The maximum Gasteiger partial charge on any atom is 0.339 e. The lowest BCUT2D eigenvalue weighted by molar-refractivity contribution is 0.0602. The molecule has 0 aliphatic heterocycles. The normalized spacial score (nSPS) is 10.5. The summed E-state index contributed by atoms with van der Waals surface area (Å²) in [6.07, 6.45) is 1.53. The molecule has 6 heteroatoms. The molecule has 0 saturated heterocycles. The molecule has 0 aliphatic carbocycles. The molecule has 3 rings (SSSR count). The highest BCUT2D eigenvalue weighted by Crippen LogP contribution is 2.25. The number of aromatic nitrogens is 1. The number of rotatable bonds is 5. The zero-order valence-corrected chi connectivity index (χ0v) is 15.3. The van der Waals surface area contributed by atoms with E-state index in [1.165, 1.54) is 13.3 Å². The van der Waals surface area contributed by atoms with Gasteiger partial charge >= 0.3 is 5.97 Å². The predicted molar refractivity (Wildman–Crippen MR) is 104 cm³/mol. The van der Waals surface area contributed by atoms with E-state index in [0.717, 1.165) is 21.6 Å². The van der Waals surface area contributed by atoms with Gasteiger partial charge in [0.05, 0.1) is 29.0 Å². The third kappa shape index (κ3) is 3.86. The Labute approximate surface area is 155 Å². The van der Waals surface area contributed by atoms with Crippen LogP contribution in [0.4, 0.5) is 5.69 Å². The lowest BCUT2D eigenvalue weighted by Crippen LogP contribution is -2.15. The summed E-state index contributed by atoms with van der Waals surface area (Å²) in [5, 5.41) is 5.48. The van der Waals surface area contributed by atoms with Crippen molar-refractivity contribution in [1.29, 1.82) is 0 Å². The Hall–Kier alpha value is -2.86. The second kappa shape index (κ2) is 8.01. The van der Waals surface area contributed by atoms with E-state index in [1.54, 1.807) is 30.0 Å². The lowest BCUT2D eigenvalue weighted by atomic mass is 10.0. The van der Waals surface area contributed by atoms with Crippen LogP contribution in [0, 0.1) is 0 Å². The minimum Gasteiger partial charge on any atom is -0.465 e. The summed E-state index contributed by atoms with van der Waals surface area (Å²) in [5.74, 6) is 0.0860. The predicted octanol–water partition coefficient (Wildman–Crippen LogP) is 4.39. The number of fused-ring (bicyclic) bond motifs is 1. The van der Waals surface area contributed by atoms with E-state index >= 15 is 0 Å². The first kappa shape index (κ1) is 17.9. The van der Waals surface area contributed by atoms with Crippen LogP contribution in [0.1, 0.15) is 27.6 Å². The van der Waals surface area contributed by atoms with Gasteiger partial charge in [-0.3, -0.25) is 4.79 Å². The molecule has 1 heterocycles. The molecule has 0 aliphatic rings. The second-order valence-electron chi connectivity index (χ2n) is 5.51. The van der Waals surface area contributed by atoms with Crippen LogP contribution >= 0.6 is 11.8 Å². The van der Waals surface area contributed by atoms with Gasteiger partial charge < -0.3 is 10.1 Å². The Morgan fingerprint density at radius 2 is 1.85 bits per heavy atom. The molecule has 1 amide bonds. The molecule has 26 heavy (non-hydrogen) atoms. The van der Waals surface area contributed by atoms with Gasteiger partial charge in [-0.2, -0.15) is 0 Å². The highest BCUT2D eigenvalue weighted by atomic mass is 32.2. The van der Waals surface area contributed by atoms with Gasteiger partial charge in [0.1, 0.15) is 0 Å². The minimum absolute atomic E-state index is 0.311. The van der Waals surface area contributed by atoms with E-state index < -0.39 is 5.97 Å². The van der Waals surface area contributed by atoms with E-state index in [4.69, 9.17) is 4.74 Å². The van der Waals surface area contributed by atoms with Crippen LogP contribution in [0.15, 0.2) is 59.8 Å². The number of esters is 1. The van der Waals surface area contributed by atoms with Crippen LogP contribution in [0.3, 0.4) is 0 Å². The third-order valence-electron chi connectivity index (χ3n) is 3.83. The number of nitrogens with zero attached hydrogens (tertiary/aromatic N) is 1. The van der Waals surface area contributed by atoms with Crippen molar-refractivity contribution < 1.29 is 14.3 Å². The number of carbonyl (C=O) groups is 2. The summed E-state index contributed by atoms with van der Waals surface area (Å²) < 4.78 is 4.85. The maximum atomic E-state index is 12.6. The van der Waals surface area contributed by atoms with E-state index in [0.29, 0.717) is 16.8 Å². The zero-order valence-electron chi connectivity index (χ0n) is 14.5. The standard InChI is InChI=1S/C20H18N2O3S/c1-3-26-18-9-8-15(12-21-18)19(23)22-17-11-14-7-5-4-6-13(14)10-16(17)20(24)25-2/h4-12H,3H2,1-2H3,(H,22,23). The molecule has 0 radical (unpaired) electrons. The summed E-state index contributed by atoms with van der Waals surface area (Å²) in [6.45, 7) is 2.04. The average Bonchev–Trinajstić information content (AvgIpc) is 2.67. The number of ether oxygens (including phenoxy) is 1. The molecule has 0 bridgehead atoms. The number of anilines is 1. The SMILES string of the molecule is CCSc1ccc(C(=O)Nc2cc3ccccc3cc2C(=O)OC)cn1. The minimum atomic E-state index is -0.501. The van der Waals surface area contributed by atoms with Crippen molar-refractivity contribution >= 4 is 40.1 Å². The quantitative estimate of drug-likeness (QED) is 0.536. The Morgan fingerprint density at radius 1 is 1.12 bits per heavy atom. The number of thioether (sulfide) groups is 1. The molecular formula is C20H18N2O3S. The topological polar surface area (TPSA) is 68.3 Å². The van der Waals surface area contributed by atoms with Crippen LogP contribution in [-0.4, -0.2) is 29.7 Å². The summed E-state index contributed by atoms with van der Waals surface area (Å²) in [5.41, 5.74) is 1.15. The molecular weight excluding hydrogens is 348 g/mol. The van der Waals surface area contributed by atoms with Gasteiger partial charge in [-0.25, -0.2) is 9.78 Å². The smallest absolute Gasteiger partial charge is 0.339 e. The first-order valence-electron chi connectivity index (χ1n) is 8.13. The summed E-state index contributed by atoms with van der Waals surface area (Å²) in [4.78, 5) is 29.0. The molecule has 3 aromatic rings. The number of hydrogen-bond acceptors (Lipinski definition) is 5. The average molecular weight is 366 g/mol. The van der Waals surface area contributed by atoms with Crippen molar-refractivity contribution in [2.75, 3.05) is 18.2 Å². The largest absolute Gasteiger partial charge is 0.465 e. The lowest BCUT2D eigenvalue weighted by Gasteiger charge is -2.12. The fraction of sp³-hybridized carbons (Fsp3) is 0.150. The Kier molecular flexibility index (Phi) is 5.53. The molecule has 2 aromatic carbocycles. The molecule has 0 saturated carbocycles. The first-order valence-corrected chi connectivity index (χ1v) is 9.12. The van der Waals surface area contributed by atoms with E-state index in [9.17, 15) is 9.59 Å². The van der Waals surface area contributed by atoms with Crippen LogP contribution < -0.4 is 5.32 Å². The molecule has 5 nitrogen and oxygen atoms in total. The zero-order chi connectivity index (χ0) is 18.5. The monoisotopic (exact) mass is 366 g/mol. The fourth-order valence-electron chi connectivity index (χ4n) is 2.56. The van der Waals surface area contributed by atoms with Gasteiger partial charge in [-0.1, -0.05) is 31.2 Å². The van der Waals surface area contributed by atoms with Crippen molar-refractivity contribution in [2.24, 2.45) is 0 Å². The number of methoxy groups -OCH3 is 1. The third-order valence-corrected chi connectivity index (χ3v) is 4.66. The molecule has 132 valence electrons. The Bertz CT molecular complexity index is 955. The van der Waals surface area contributed by atoms with E-state index in [2.05, 4.69) is 10.3 Å². The van der Waals surface area contributed by atoms with Crippen molar-refractivity contribution in [3.8, 4) is 0 Å². The molecule has 1 aromatic heterocycles. The molecule has 0 atom stereocenters. The van der Waals surface area contributed by atoms with Crippen LogP contribution in [-0.2, 0) is 4.74 Å². The molecule has 1 N–H and O–H groups in total. The fourth-order valence-corrected chi connectivity index (χ4v) is 3.15. The van der Waals surface area contributed by atoms with Gasteiger partial charge in [-0.05, 0) is 40.8 Å². The number of benzene rings is 2. The highest BCUT2D eigenvalue weighted by molar-refractivity contribution is 7.99. The number of nitrogens with one attached hydrogen (secondary N) is 1. The van der Waals surface area contributed by atoms with Crippen molar-refractivity contribution in [3.05, 3.63) is 65.9 Å². The van der Waals surface area contributed by atoms with Gasteiger partial charge in [0, 0.05) is 6.20 Å². The highest BCUT2D eigenvalue weighted by Gasteiger charge is 2.16. The Balaban J connectivity index is 1.93. The number of amides is 1. The van der Waals surface area contributed by atoms with Gasteiger partial charge in [0.15, 0.2) is 0 Å². The Morgan fingerprint density at radius 3 is 2.46 bits per heavy atom. The summed E-state index contributed by atoms with van der Waals surface area (Å²) >= 11 is 1.61. The maximum absolute atomic E-state index is 12.6. The van der Waals surface area contributed by atoms with Gasteiger partial charge in [-0.15, -0.1) is 11.8 Å². The number of pyridine rings is 1. The molecule has 0 spiro atoms. The molecule has 0 fully saturated rings. The van der Waals surface area contributed by atoms with Crippen LogP contribution in [0.2, 0.25) is 0 Å². The van der Waals surface area contributed by atoms with Gasteiger partial charge in [0.2, 0.25) is 0 Å². The van der Waals surface area contributed by atoms with Gasteiger partial charge in [0.25, 0.3) is 5.91 Å². The van der Waals surface area contributed by atoms with Crippen molar-refractivity contribution in [1.82, 2.24) is 4.98 Å². The first-order chi connectivity index (χ1) is 12.6. The van der Waals surface area contributed by atoms with E-state index in [-0.39, 0.29) is 5.91 Å². The number of hydrogen-bond donors (Lipinski definition) is 1. The summed E-state index contributed by atoms with van der Waals surface area (Å²) in [7, 11) is 1.32. The van der Waals surface area contributed by atoms with Crippen LogP contribution in [0.5, 0.6) is 0 Å². The summed E-state index contributed by atoms with van der Waals surface area (Å²) in [6, 6.07) is 14.6. The number of carbonyl (C=O) groups excluding carboxylic acids is 2. The van der Waals surface area contributed by atoms with Crippen molar-refractivity contribution in [3.63, 3.8) is 0 Å². The van der Waals surface area contributed by atoms with Crippen molar-refractivity contribution in [2.45, 2.75) is 11.9 Å². The van der Waals surface area contributed by atoms with Crippen LogP contribution in [0.25, 0.3) is 10.8 Å². The van der Waals surface area contributed by atoms with E-state index in [1.807, 2.05) is 37.3 Å². The second-order valence-corrected chi connectivity index (χ2v) is 6.79.